The first kappa shape index (κ1) is 31.4. The molecule has 0 bridgehead atoms. The summed E-state index contributed by atoms with van der Waals surface area (Å²) >= 11 is 1.55. The van der Waals surface area contributed by atoms with Gasteiger partial charge < -0.3 is 14.2 Å². The standard InChI is InChI=1S/C36H47N3O3S/c1-6-7-14-34-37-36(19-10-11-20-36)35(40)39(34)22-29-17-18-31(30(21-29)24-42-23-28-15-16-28)32-12-8-9-13-33(32)43-38-26(3)25(2)27(4)41-5/h8-9,12-13,17-18,21,28,38H,3,6-7,10-11,14-16,19-20,22-24H2,1-2,4-5H3/b27-25-. The molecule has 2 saturated carbocycles. The lowest BCUT2D eigenvalue weighted by Gasteiger charge is -2.23. The highest BCUT2D eigenvalue weighted by molar-refractivity contribution is 7.97. The zero-order valence-corrected chi connectivity index (χ0v) is 27.2. The molecule has 0 atom stereocenters. The van der Waals surface area contributed by atoms with Crippen LogP contribution < -0.4 is 4.72 Å². The number of rotatable bonds is 15. The van der Waals surface area contributed by atoms with Crippen molar-refractivity contribution in [3.63, 3.8) is 0 Å². The number of benzene rings is 2. The number of ether oxygens (including phenoxy) is 2. The van der Waals surface area contributed by atoms with Crippen LogP contribution in [0.4, 0.5) is 0 Å². The molecule has 2 aromatic rings. The monoisotopic (exact) mass is 601 g/mol. The number of carbonyl (C=O) groups is 1. The molecule has 43 heavy (non-hydrogen) atoms. The molecule has 5 rings (SSSR count). The fraction of sp³-hybridized carbons (Fsp3) is 0.500. The highest BCUT2D eigenvalue weighted by atomic mass is 32.2. The Hall–Kier alpha value is -3.03. The maximum absolute atomic E-state index is 13.8. The Bertz CT molecular complexity index is 1390. The van der Waals surface area contributed by atoms with Gasteiger partial charge in [-0.3, -0.25) is 14.7 Å². The normalized spacial score (nSPS) is 18.2. The Labute approximate surface area is 262 Å². The molecule has 230 valence electrons. The van der Waals surface area contributed by atoms with Crippen LogP contribution in [0.5, 0.6) is 0 Å². The predicted octanol–water partition coefficient (Wildman–Crippen LogP) is 8.57. The summed E-state index contributed by atoms with van der Waals surface area (Å²) in [6, 6.07) is 15.1. The molecule has 2 aromatic carbocycles. The summed E-state index contributed by atoms with van der Waals surface area (Å²) in [5, 5.41) is 0. The Morgan fingerprint density at radius 3 is 2.63 bits per heavy atom. The van der Waals surface area contributed by atoms with Gasteiger partial charge >= 0.3 is 0 Å². The van der Waals surface area contributed by atoms with Gasteiger partial charge in [0, 0.05) is 29.2 Å². The lowest BCUT2D eigenvalue weighted by atomic mass is 9.96. The van der Waals surface area contributed by atoms with Gasteiger partial charge in [-0.25, -0.2) is 0 Å². The van der Waals surface area contributed by atoms with Crippen molar-refractivity contribution in [2.24, 2.45) is 10.9 Å². The van der Waals surface area contributed by atoms with Gasteiger partial charge in [0.1, 0.15) is 11.4 Å². The summed E-state index contributed by atoms with van der Waals surface area (Å²) in [6.07, 6.45) is 9.46. The Morgan fingerprint density at radius 1 is 1.14 bits per heavy atom. The lowest BCUT2D eigenvalue weighted by Crippen LogP contribution is -2.40. The van der Waals surface area contributed by atoms with Crippen LogP contribution in [0.3, 0.4) is 0 Å². The zero-order valence-electron chi connectivity index (χ0n) is 26.3. The van der Waals surface area contributed by atoms with E-state index in [0.29, 0.717) is 19.1 Å². The second-order valence-corrected chi connectivity index (χ2v) is 13.1. The van der Waals surface area contributed by atoms with Crippen LogP contribution in [0, 0.1) is 5.92 Å². The minimum atomic E-state index is -0.512. The van der Waals surface area contributed by atoms with E-state index in [2.05, 4.69) is 60.7 Å². The summed E-state index contributed by atoms with van der Waals surface area (Å²) in [4.78, 5) is 22.0. The third kappa shape index (κ3) is 7.38. The average Bonchev–Trinajstić information content (AvgIpc) is 3.67. The first-order chi connectivity index (χ1) is 20.8. The van der Waals surface area contributed by atoms with Crippen molar-refractivity contribution < 1.29 is 14.3 Å². The largest absolute Gasteiger partial charge is 0.501 e. The lowest BCUT2D eigenvalue weighted by molar-refractivity contribution is -0.131. The minimum absolute atomic E-state index is 0.202. The van der Waals surface area contributed by atoms with E-state index in [1.807, 2.05) is 18.7 Å². The summed E-state index contributed by atoms with van der Waals surface area (Å²) in [5.74, 6) is 2.72. The number of methoxy groups -OCH3 is 1. The van der Waals surface area contributed by atoms with Crippen LogP contribution in [-0.2, 0) is 27.4 Å². The van der Waals surface area contributed by atoms with Crippen LogP contribution in [-0.4, -0.2) is 35.9 Å². The average molecular weight is 602 g/mol. The van der Waals surface area contributed by atoms with E-state index in [1.165, 1.54) is 12.8 Å². The molecule has 1 N–H and O–H groups in total. The third-order valence-electron chi connectivity index (χ3n) is 9.05. The third-order valence-corrected chi connectivity index (χ3v) is 9.97. The number of hydrogen-bond acceptors (Lipinski definition) is 6. The molecule has 1 spiro atoms. The number of aliphatic imine (C=N–C) groups is 1. The second-order valence-electron chi connectivity index (χ2n) is 12.3. The summed E-state index contributed by atoms with van der Waals surface area (Å²) in [6.45, 7) is 12.3. The van der Waals surface area contributed by atoms with Crippen molar-refractivity contribution in [2.75, 3.05) is 13.7 Å². The molecule has 2 fully saturated rings. The van der Waals surface area contributed by atoms with E-state index in [-0.39, 0.29) is 5.91 Å². The number of hydrogen-bond donors (Lipinski definition) is 1. The molecule has 2 aliphatic carbocycles. The van der Waals surface area contributed by atoms with Crippen molar-refractivity contribution >= 4 is 23.7 Å². The molecule has 1 aliphatic heterocycles. The topological polar surface area (TPSA) is 63.2 Å². The maximum atomic E-state index is 13.8. The van der Waals surface area contributed by atoms with Gasteiger partial charge in [-0.05, 0) is 92.1 Å². The first-order valence-electron chi connectivity index (χ1n) is 15.9. The van der Waals surface area contributed by atoms with Crippen molar-refractivity contribution in [1.29, 1.82) is 0 Å². The molecule has 1 amide bonds. The second kappa shape index (κ2) is 14.2. The Kier molecular flexibility index (Phi) is 10.3. The van der Waals surface area contributed by atoms with Gasteiger partial charge in [-0.1, -0.05) is 69.2 Å². The van der Waals surface area contributed by atoms with Gasteiger partial charge in [-0.2, -0.15) is 0 Å². The summed E-state index contributed by atoms with van der Waals surface area (Å²) < 4.78 is 15.1. The SMILES string of the molecule is C=C(NSc1ccccc1-c1ccc(CN2C(=O)C3(CCCC3)N=C2CCCC)cc1COCC1CC1)/C(C)=C(/C)OC. The van der Waals surface area contributed by atoms with Crippen LogP contribution in [0.25, 0.3) is 11.1 Å². The maximum Gasteiger partial charge on any atom is 0.256 e. The quantitative estimate of drug-likeness (QED) is 0.126. The number of carbonyl (C=O) groups excluding carboxylic acids is 1. The first-order valence-corrected chi connectivity index (χ1v) is 16.7. The molecule has 6 nitrogen and oxygen atoms in total. The molecular formula is C36H47N3O3S. The van der Waals surface area contributed by atoms with Crippen LogP contribution in [0.2, 0.25) is 0 Å². The molecule has 0 saturated heterocycles. The fourth-order valence-corrected chi connectivity index (χ4v) is 6.79. The summed E-state index contributed by atoms with van der Waals surface area (Å²) in [7, 11) is 1.68. The number of nitrogens with zero attached hydrogens (tertiary/aromatic N) is 2. The molecule has 3 aliphatic rings. The van der Waals surface area contributed by atoms with E-state index >= 15 is 0 Å². The zero-order chi connectivity index (χ0) is 30.4. The van der Waals surface area contributed by atoms with Crippen molar-refractivity contribution in [3.8, 4) is 11.1 Å². The molecule has 7 heteroatoms. The highest BCUT2D eigenvalue weighted by Crippen LogP contribution is 2.41. The molecule has 0 aromatic heterocycles. The molecular weight excluding hydrogens is 554 g/mol. The van der Waals surface area contributed by atoms with E-state index in [0.717, 1.165) is 102 Å². The number of nitrogens with one attached hydrogen (secondary N) is 1. The van der Waals surface area contributed by atoms with Gasteiger partial charge in [0.25, 0.3) is 5.91 Å². The van der Waals surface area contributed by atoms with E-state index < -0.39 is 5.54 Å². The number of amidine groups is 1. The number of allylic oxidation sites excluding steroid dienone is 2. The molecule has 0 radical (unpaired) electrons. The number of unbranched alkanes of at least 4 members (excludes halogenated alkanes) is 1. The van der Waals surface area contributed by atoms with Crippen LogP contribution in [0.15, 0.2) is 76.0 Å². The minimum Gasteiger partial charge on any atom is -0.501 e. The smallest absolute Gasteiger partial charge is 0.256 e. The fourth-order valence-electron chi connectivity index (χ4n) is 5.97. The predicted molar refractivity (Wildman–Crippen MR) is 176 cm³/mol. The van der Waals surface area contributed by atoms with Crippen molar-refractivity contribution in [2.45, 2.75) is 102 Å². The van der Waals surface area contributed by atoms with E-state index in [4.69, 9.17) is 14.5 Å². The number of amides is 1. The molecule has 0 unspecified atom stereocenters. The van der Waals surface area contributed by atoms with Gasteiger partial charge in [0.15, 0.2) is 0 Å². The van der Waals surface area contributed by atoms with Gasteiger partial charge in [0.2, 0.25) is 0 Å². The van der Waals surface area contributed by atoms with Gasteiger partial charge in [-0.15, -0.1) is 0 Å². The Morgan fingerprint density at radius 2 is 1.91 bits per heavy atom. The Balaban J connectivity index is 1.41. The van der Waals surface area contributed by atoms with Crippen LogP contribution in [0.1, 0.15) is 89.7 Å². The summed E-state index contributed by atoms with van der Waals surface area (Å²) in [5.41, 5.74) is 5.85. The van der Waals surface area contributed by atoms with Crippen LogP contribution >= 0.6 is 11.9 Å². The van der Waals surface area contributed by atoms with E-state index in [9.17, 15) is 4.79 Å². The van der Waals surface area contributed by atoms with Crippen molar-refractivity contribution in [1.82, 2.24) is 9.62 Å². The highest BCUT2D eigenvalue weighted by Gasteiger charge is 2.49. The molecule has 1 heterocycles. The van der Waals surface area contributed by atoms with E-state index in [1.54, 1.807) is 19.1 Å². The van der Waals surface area contributed by atoms with Crippen molar-refractivity contribution in [3.05, 3.63) is 77.2 Å². The van der Waals surface area contributed by atoms with Gasteiger partial charge in [0.05, 0.1) is 26.0 Å².